The second-order valence-corrected chi connectivity index (χ2v) is 14.4. The predicted octanol–water partition coefficient (Wildman–Crippen LogP) is 4.34. The molecule has 0 aliphatic carbocycles. The fourth-order valence-electron chi connectivity index (χ4n) is 3.03. The lowest BCUT2D eigenvalue weighted by Crippen LogP contribution is -2.54. The number of likely N-dealkylation sites (tertiary alicyclic amines) is 1. The minimum absolute atomic E-state index is 0.0481. The van der Waals surface area contributed by atoms with E-state index in [1.807, 2.05) is 27.7 Å². The van der Waals surface area contributed by atoms with Crippen LogP contribution in [0.2, 0.25) is 18.1 Å². The Morgan fingerprint density at radius 1 is 1.15 bits per heavy atom. The van der Waals surface area contributed by atoms with Crippen LogP contribution in [0.3, 0.4) is 0 Å². The van der Waals surface area contributed by atoms with Gasteiger partial charge in [-0.2, -0.15) is 0 Å². The molecule has 0 spiro atoms. The maximum atomic E-state index is 12.8. The largest absolute Gasteiger partial charge is 0.467 e. The third-order valence-corrected chi connectivity index (χ3v) is 10.0. The molecule has 152 valence electrons. The molecule has 1 fully saturated rings. The van der Waals surface area contributed by atoms with Gasteiger partial charge in [0.05, 0.1) is 19.8 Å². The zero-order valence-electron chi connectivity index (χ0n) is 18.2. The van der Waals surface area contributed by atoms with Crippen molar-refractivity contribution in [3.63, 3.8) is 0 Å². The van der Waals surface area contributed by atoms with E-state index < -0.39 is 31.5 Å². The number of methoxy groups -OCH3 is 1. The fraction of sp³-hybridized carbons (Fsp3) is 0.895. The van der Waals surface area contributed by atoms with Gasteiger partial charge < -0.3 is 13.9 Å². The van der Waals surface area contributed by atoms with Crippen LogP contribution in [-0.4, -0.2) is 56.2 Å². The van der Waals surface area contributed by atoms with Gasteiger partial charge in [-0.25, -0.2) is 9.59 Å². The summed E-state index contributed by atoms with van der Waals surface area (Å²) in [4.78, 5) is 27.0. The highest BCUT2D eigenvalue weighted by Gasteiger charge is 2.56. The van der Waals surface area contributed by atoms with Crippen LogP contribution in [0.1, 0.15) is 61.3 Å². The summed E-state index contributed by atoms with van der Waals surface area (Å²) in [5.41, 5.74) is -1.67. The Morgan fingerprint density at radius 2 is 1.69 bits per heavy atom. The Hall–Kier alpha value is -1.08. The molecule has 7 heteroatoms. The summed E-state index contributed by atoms with van der Waals surface area (Å²) < 4.78 is 17.1. The average molecular weight is 388 g/mol. The minimum Gasteiger partial charge on any atom is -0.467 e. The van der Waals surface area contributed by atoms with Crippen molar-refractivity contribution in [1.82, 2.24) is 4.90 Å². The predicted molar refractivity (Wildman–Crippen MR) is 105 cm³/mol. The van der Waals surface area contributed by atoms with Crippen LogP contribution in [-0.2, 0) is 18.7 Å². The molecule has 1 amide bonds. The van der Waals surface area contributed by atoms with E-state index >= 15 is 0 Å². The Morgan fingerprint density at radius 3 is 2.08 bits per heavy atom. The number of esters is 1. The highest BCUT2D eigenvalue weighted by atomic mass is 28.4. The van der Waals surface area contributed by atoms with Gasteiger partial charge in [0.25, 0.3) is 0 Å². The molecule has 1 aliphatic heterocycles. The number of ether oxygens (including phenoxy) is 2. The van der Waals surface area contributed by atoms with E-state index in [1.54, 1.807) is 0 Å². The van der Waals surface area contributed by atoms with E-state index in [0.29, 0.717) is 19.4 Å². The first kappa shape index (κ1) is 23.0. The number of amides is 1. The van der Waals surface area contributed by atoms with Crippen molar-refractivity contribution in [1.29, 1.82) is 0 Å². The van der Waals surface area contributed by atoms with Gasteiger partial charge in [-0.15, -0.1) is 0 Å². The van der Waals surface area contributed by atoms with Crippen molar-refractivity contribution in [3.8, 4) is 0 Å². The third-order valence-electron chi connectivity index (χ3n) is 5.50. The summed E-state index contributed by atoms with van der Waals surface area (Å²) in [6, 6.07) is 0. The molecule has 0 aromatic carbocycles. The average Bonchev–Trinajstić information content (AvgIpc) is 2.82. The smallest absolute Gasteiger partial charge is 0.411 e. The molecule has 2 atom stereocenters. The first-order valence-electron chi connectivity index (χ1n) is 9.36. The summed E-state index contributed by atoms with van der Waals surface area (Å²) >= 11 is 0. The molecule has 0 aromatic rings. The van der Waals surface area contributed by atoms with E-state index in [9.17, 15) is 9.59 Å². The summed E-state index contributed by atoms with van der Waals surface area (Å²) in [6.07, 6.45) is 0.187. The molecule has 1 rings (SSSR count). The van der Waals surface area contributed by atoms with Crippen molar-refractivity contribution >= 4 is 20.4 Å². The summed E-state index contributed by atoms with van der Waals surface area (Å²) in [5, 5.41) is 0.0481. The molecule has 1 unspecified atom stereocenters. The lowest BCUT2D eigenvalue weighted by Gasteiger charge is -2.38. The van der Waals surface area contributed by atoms with Gasteiger partial charge in [0.1, 0.15) is 11.1 Å². The van der Waals surface area contributed by atoms with Gasteiger partial charge in [-0.3, -0.25) is 4.90 Å². The lowest BCUT2D eigenvalue weighted by atomic mass is 9.92. The summed E-state index contributed by atoms with van der Waals surface area (Å²) in [5.74, 6) is -0.410. The number of hydrogen-bond donors (Lipinski definition) is 0. The molecule has 6 nitrogen and oxygen atoms in total. The first-order chi connectivity index (χ1) is 11.6. The molecule has 0 saturated carbocycles. The highest BCUT2D eigenvalue weighted by Crippen LogP contribution is 2.42. The highest BCUT2D eigenvalue weighted by molar-refractivity contribution is 6.74. The van der Waals surface area contributed by atoms with Crippen LogP contribution in [0.25, 0.3) is 0 Å². The third kappa shape index (κ3) is 4.79. The van der Waals surface area contributed by atoms with Crippen LogP contribution in [0, 0.1) is 0 Å². The number of carbonyl (C=O) groups is 2. The van der Waals surface area contributed by atoms with Gasteiger partial charge in [-0.05, 0) is 45.3 Å². The van der Waals surface area contributed by atoms with E-state index in [4.69, 9.17) is 13.9 Å². The molecular formula is C19H37NO5Si. The molecule has 0 N–H and O–H groups in total. The molecule has 0 aromatic heterocycles. The molecular weight excluding hydrogens is 350 g/mol. The Labute approximate surface area is 159 Å². The van der Waals surface area contributed by atoms with Crippen LogP contribution in [0.4, 0.5) is 4.79 Å². The van der Waals surface area contributed by atoms with Crippen molar-refractivity contribution in [2.75, 3.05) is 13.7 Å². The lowest BCUT2D eigenvalue weighted by molar-refractivity contribution is -0.153. The van der Waals surface area contributed by atoms with Gasteiger partial charge in [0.15, 0.2) is 8.32 Å². The molecule has 1 aliphatic rings. The fourth-order valence-corrected chi connectivity index (χ4v) is 4.38. The van der Waals surface area contributed by atoms with E-state index in [0.717, 1.165) is 0 Å². The monoisotopic (exact) mass is 387 g/mol. The van der Waals surface area contributed by atoms with Crippen LogP contribution < -0.4 is 0 Å². The van der Waals surface area contributed by atoms with Crippen molar-refractivity contribution in [3.05, 3.63) is 0 Å². The second-order valence-electron chi connectivity index (χ2n) is 9.67. The number of hydrogen-bond acceptors (Lipinski definition) is 5. The van der Waals surface area contributed by atoms with Crippen molar-refractivity contribution < 1.29 is 23.5 Å². The topological polar surface area (TPSA) is 65.1 Å². The Kier molecular flexibility index (Phi) is 6.62. The van der Waals surface area contributed by atoms with Crippen molar-refractivity contribution in [2.24, 2.45) is 0 Å². The number of rotatable bonds is 4. The van der Waals surface area contributed by atoms with Gasteiger partial charge >= 0.3 is 12.1 Å². The molecule has 0 bridgehead atoms. The van der Waals surface area contributed by atoms with Gasteiger partial charge in [0, 0.05) is 6.42 Å². The van der Waals surface area contributed by atoms with Gasteiger partial charge in [0.2, 0.25) is 0 Å². The quantitative estimate of drug-likeness (QED) is 0.530. The van der Waals surface area contributed by atoms with Crippen LogP contribution >= 0.6 is 0 Å². The molecule has 26 heavy (non-hydrogen) atoms. The van der Waals surface area contributed by atoms with E-state index in [1.165, 1.54) is 12.0 Å². The summed E-state index contributed by atoms with van der Waals surface area (Å²) in [6.45, 7) is 18.5. The number of nitrogens with zero attached hydrogens (tertiary/aromatic N) is 1. The van der Waals surface area contributed by atoms with Crippen molar-refractivity contribution in [2.45, 2.75) is 96.7 Å². The maximum Gasteiger partial charge on any atom is 0.411 e. The van der Waals surface area contributed by atoms with Crippen LogP contribution in [0.15, 0.2) is 0 Å². The van der Waals surface area contributed by atoms with E-state index in [2.05, 4.69) is 33.9 Å². The standard InChI is InChI=1S/C19H37NO5Si/c1-11-19(15(21)23-8)12-14(25-26(9,10)18(5,6)7)13-20(19)16(22)24-17(2,3)4/h14H,11-13H2,1-10H3/t14-,19?/m1/s1. The SMILES string of the molecule is CCC1(C(=O)OC)C[C@@H](O[Si](C)(C)C(C)(C)C)CN1C(=O)OC(C)(C)C. The number of carbonyl (C=O) groups excluding carboxylic acids is 2. The Balaban J connectivity index is 3.17. The second kappa shape index (κ2) is 7.50. The van der Waals surface area contributed by atoms with Gasteiger partial charge in [-0.1, -0.05) is 27.7 Å². The Bertz CT molecular complexity index is 535. The minimum atomic E-state index is -2.03. The van der Waals surface area contributed by atoms with Crippen LogP contribution in [0.5, 0.6) is 0 Å². The zero-order chi connectivity index (χ0) is 20.6. The first-order valence-corrected chi connectivity index (χ1v) is 12.3. The summed E-state index contributed by atoms with van der Waals surface area (Å²) in [7, 11) is -0.676. The molecule has 0 radical (unpaired) electrons. The maximum absolute atomic E-state index is 12.8. The van der Waals surface area contributed by atoms with E-state index in [-0.39, 0.29) is 11.1 Å². The zero-order valence-corrected chi connectivity index (χ0v) is 19.2. The normalized spacial score (nSPS) is 24.5. The molecule has 1 saturated heterocycles. The molecule has 1 heterocycles.